The van der Waals surface area contributed by atoms with Crippen LogP contribution in [0.15, 0.2) is 28.7 Å². The normalized spacial score (nSPS) is 18.6. The molecule has 1 amide bonds. The number of aliphatic carboxylic acids is 1. The molecule has 1 aliphatic heterocycles. The Hall–Kier alpha value is -1.56. The van der Waals surface area contributed by atoms with E-state index in [1.807, 2.05) is 18.2 Å². The largest absolute Gasteiger partial charge is 0.483 e. The first-order valence-corrected chi connectivity index (χ1v) is 7.28. The molecule has 0 aliphatic carbocycles. The molecule has 5 nitrogen and oxygen atoms in total. The summed E-state index contributed by atoms with van der Waals surface area (Å²) >= 11 is 3.33. The predicted octanol–water partition coefficient (Wildman–Crippen LogP) is 2.29. The molecule has 1 fully saturated rings. The third-order valence-electron chi connectivity index (χ3n) is 3.30. The maximum Gasteiger partial charge on any atom is 0.326 e. The van der Waals surface area contributed by atoms with Crippen LogP contribution >= 0.6 is 15.9 Å². The summed E-state index contributed by atoms with van der Waals surface area (Å²) in [4.78, 5) is 24.7. The number of ether oxygens (including phenoxy) is 1. The maximum absolute atomic E-state index is 12.1. The van der Waals surface area contributed by atoms with Crippen molar-refractivity contribution in [2.45, 2.75) is 25.3 Å². The van der Waals surface area contributed by atoms with Crippen molar-refractivity contribution >= 4 is 27.8 Å². The molecular weight excluding hydrogens is 326 g/mol. The van der Waals surface area contributed by atoms with Gasteiger partial charge in [-0.3, -0.25) is 4.79 Å². The van der Waals surface area contributed by atoms with Gasteiger partial charge in [-0.05, 0) is 47.3 Å². The quantitative estimate of drug-likeness (QED) is 0.912. The Kier molecular flexibility index (Phi) is 5.00. The van der Waals surface area contributed by atoms with Crippen LogP contribution in [-0.2, 0) is 9.59 Å². The molecule has 2 rings (SSSR count). The van der Waals surface area contributed by atoms with Gasteiger partial charge in [-0.25, -0.2) is 4.79 Å². The molecule has 1 aliphatic rings. The number of carbonyl (C=O) groups excluding carboxylic acids is 1. The van der Waals surface area contributed by atoms with Crippen molar-refractivity contribution in [3.63, 3.8) is 0 Å². The molecule has 0 bridgehead atoms. The van der Waals surface area contributed by atoms with Gasteiger partial charge in [0.05, 0.1) is 4.47 Å². The lowest BCUT2D eigenvalue weighted by Gasteiger charge is -2.32. The van der Waals surface area contributed by atoms with Gasteiger partial charge in [-0.2, -0.15) is 0 Å². The molecule has 0 unspecified atom stereocenters. The molecule has 1 N–H and O–H groups in total. The van der Waals surface area contributed by atoms with Crippen LogP contribution in [0.4, 0.5) is 0 Å². The summed E-state index contributed by atoms with van der Waals surface area (Å²) < 4.78 is 6.21. The third-order valence-corrected chi connectivity index (χ3v) is 3.95. The van der Waals surface area contributed by atoms with Crippen LogP contribution in [0.25, 0.3) is 0 Å². The average Bonchev–Trinajstić information content (AvgIpc) is 2.46. The van der Waals surface area contributed by atoms with E-state index in [1.54, 1.807) is 6.07 Å². The lowest BCUT2D eigenvalue weighted by molar-refractivity contribution is -0.152. The Balaban J connectivity index is 1.97. The van der Waals surface area contributed by atoms with Gasteiger partial charge < -0.3 is 14.7 Å². The van der Waals surface area contributed by atoms with Crippen molar-refractivity contribution in [1.29, 1.82) is 0 Å². The number of hydrogen-bond donors (Lipinski definition) is 1. The zero-order valence-electron chi connectivity index (χ0n) is 10.9. The number of nitrogens with zero attached hydrogens (tertiary/aromatic N) is 1. The number of carboxylic acid groups (broad SMARTS) is 1. The average molecular weight is 342 g/mol. The molecule has 0 spiro atoms. The van der Waals surface area contributed by atoms with Gasteiger partial charge in [0.1, 0.15) is 11.8 Å². The second-order valence-corrected chi connectivity index (χ2v) is 5.51. The van der Waals surface area contributed by atoms with Crippen LogP contribution in [-0.4, -0.2) is 41.1 Å². The summed E-state index contributed by atoms with van der Waals surface area (Å²) in [6.07, 6.45) is 2.19. The number of hydrogen-bond acceptors (Lipinski definition) is 3. The molecule has 20 heavy (non-hydrogen) atoms. The number of carbonyl (C=O) groups is 2. The molecular formula is C14H16BrNO4. The fourth-order valence-electron chi connectivity index (χ4n) is 2.27. The second-order valence-electron chi connectivity index (χ2n) is 4.66. The molecule has 1 aromatic carbocycles. The highest BCUT2D eigenvalue weighted by atomic mass is 79.9. The van der Waals surface area contributed by atoms with E-state index in [0.29, 0.717) is 18.7 Å². The highest BCUT2D eigenvalue weighted by Crippen LogP contribution is 2.24. The Morgan fingerprint density at radius 1 is 1.35 bits per heavy atom. The number of piperidine rings is 1. The smallest absolute Gasteiger partial charge is 0.326 e. The van der Waals surface area contributed by atoms with Gasteiger partial charge in [-0.1, -0.05) is 12.1 Å². The monoisotopic (exact) mass is 341 g/mol. The summed E-state index contributed by atoms with van der Waals surface area (Å²) in [5.74, 6) is -0.656. The Bertz CT molecular complexity index is 506. The van der Waals surface area contributed by atoms with Crippen molar-refractivity contribution in [2.75, 3.05) is 13.2 Å². The lowest BCUT2D eigenvalue weighted by Crippen LogP contribution is -2.49. The summed E-state index contributed by atoms with van der Waals surface area (Å²) in [6.45, 7) is 0.335. The van der Waals surface area contributed by atoms with Gasteiger partial charge in [0.25, 0.3) is 5.91 Å². The number of carboxylic acids is 1. The highest BCUT2D eigenvalue weighted by Gasteiger charge is 2.31. The topological polar surface area (TPSA) is 66.8 Å². The van der Waals surface area contributed by atoms with Crippen molar-refractivity contribution in [3.05, 3.63) is 28.7 Å². The molecule has 0 saturated carbocycles. The van der Waals surface area contributed by atoms with Gasteiger partial charge >= 0.3 is 5.97 Å². The van der Waals surface area contributed by atoms with Crippen LogP contribution in [0.1, 0.15) is 19.3 Å². The van der Waals surface area contributed by atoms with E-state index in [-0.39, 0.29) is 12.5 Å². The minimum Gasteiger partial charge on any atom is -0.483 e. The highest BCUT2D eigenvalue weighted by molar-refractivity contribution is 9.10. The molecule has 1 heterocycles. The van der Waals surface area contributed by atoms with E-state index in [9.17, 15) is 9.59 Å². The first-order valence-electron chi connectivity index (χ1n) is 6.49. The molecule has 108 valence electrons. The summed E-state index contributed by atoms with van der Waals surface area (Å²) in [6, 6.07) is 6.51. The number of likely N-dealkylation sites (tertiary alicyclic amines) is 1. The van der Waals surface area contributed by atoms with Crippen LogP contribution in [0, 0.1) is 0 Å². The van der Waals surface area contributed by atoms with E-state index < -0.39 is 12.0 Å². The lowest BCUT2D eigenvalue weighted by atomic mass is 10.0. The molecule has 0 aromatic heterocycles. The van der Waals surface area contributed by atoms with Gasteiger partial charge in [-0.15, -0.1) is 0 Å². The number of halogens is 1. The first kappa shape index (κ1) is 14.8. The van der Waals surface area contributed by atoms with E-state index in [1.165, 1.54) is 4.90 Å². The standard InChI is InChI=1S/C14H16BrNO4/c15-10-5-1-2-7-12(10)20-9-13(17)16-8-4-3-6-11(16)14(18)19/h1-2,5,7,11H,3-4,6,8-9H2,(H,18,19)/t11-/m1/s1. The fourth-order valence-corrected chi connectivity index (χ4v) is 2.67. The molecule has 1 aromatic rings. The maximum atomic E-state index is 12.1. The summed E-state index contributed by atoms with van der Waals surface area (Å²) in [5.41, 5.74) is 0. The van der Waals surface area contributed by atoms with Crippen molar-refractivity contribution in [2.24, 2.45) is 0 Å². The number of para-hydroxylation sites is 1. The van der Waals surface area contributed by atoms with E-state index in [0.717, 1.165) is 17.3 Å². The summed E-state index contributed by atoms with van der Waals surface area (Å²) in [7, 11) is 0. The third kappa shape index (κ3) is 3.50. The van der Waals surface area contributed by atoms with Crippen molar-refractivity contribution < 1.29 is 19.4 Å². The second kappa shape index (κ2) is 6.74. The summed E-state index contributed by atoms with van der Waals surface area (Å²) in [5, 5.41) is 9.14. The van der Waals surface area contributed by atoms with E-state index >= 15 is 0 Å². The molecule has 0 radical (unpaired) electrons. The fraction of sp³-hybridized carbons (Fsp3) is 0.429. The van der Waals surface area contributed by atoms with Crippen LogP contribution in [0.2, 0.25) is 0 Å². The Morgan fingerprint density at radius 3 is 2.80 bits per heavy atom. The Morgan fingerprint density at radius 2 is 2.10 bits per heavy atom. The molecule has 6 heteroatoms. The SMILES string of the molecule is O=C(O)[C@H]1CCCCN1C(=O)COc1ccccc1Br. The first-order chi connectivity index (χ1) is 9.59. The molecule has 1 saturated heterocycles. The van der Waals surface area contributed by atoms with Crippen molar-refractivity contribution in [1.82, 2.24) is 4.90 Å². The zero-order chi connectivity index (χ0) is 14.5. The number of benzene rings is 1. The zero-order valence-corrected chi connectivity index (χ0v) is 12.5. The van der Waals surface area contributed by atoms with Crippen LogP contribution in [0.3, 0.4) is 0 Å². The Labute approximate surface area is 125 Å². The minimum absolute atomic E-state index is 0.146. The van der Waals surface area contributed by atoms with E-state index in [2.05, 4.69) is 15.9 Å². The van der Waals surface area contributed by atoms with Crippen LogP contribution in [0.5, 0.6) is 5.75 Å². The van der Waals surface area contributed by atoms with Crippen molar-refractivity contribution in [3.8, 4) is 5.75 Å². The number of amides is 1. The number of rotatable bonds is 4. The van der Waals surface area contributed by atoms with E-state index in [4.69, 9.17) is 9.84 Å². The predicted molar refractivity (Wildman–Crippen MR) is 76.6 cm³/mol. The van der Waals surface area contributed by atoms with Gasteiger partial charge in [0.2, 0.25) is 0 Å². The minimum atomic E-state index is -0.945. The van der Waals surface area contributed by atoms with Gasteiger partial charge in [0.15, 0.2) is 6.61 Å². The molecule has 1 atom stereocenters. The van der Waals surface area contributed by atoms with Crippen LogP contribution < -0.4 is 4.74 Å². The van der Waals surface area contributed by atoms with Gasteiger partial charge in [0, 0.05) is 6.54 Å².